The maximum Gasteiger partial charge on any atom is 0.120 e. The van der Waals surface area contributed by atoms with E-state index < -0.39 is 8.07 Å². The van der Waals surface area contributed by atoms with Crippen molar-refractivity contribution in [3.63, 3.8) is 0 Å². The number of benzene rings is 3. The SMILES string of the molecule is Cc1c(C(C)C)ccnc1-c1[c-]cc([Si](C)(C)C)c2c1oc1ccccc12.Cc1ccnc(-c2[c-]cccc2)c1.[Ir]. The van der Waals surface area contributed by atoms with Gasteiger partial charge in [-0.25, -0.2) is 0 Å². The fourth-order valence-corrected chi connectivity index (χ4v) is 6.71. The fraction of sp³-hybridized carbons (Fsp3) is 0.222. The Morgan fingerprint density at radius 2 is 1.59 bits per heavy atom. The molecule has 0 aliphatic heterocycles. The number of fused-ring (bicyclic) bond motifs is 3. The van der Waals surface area contributed by atoms with Crippen molar-refractivity contribution >= 4 is 35.2 Å². The van der Waals surface area contributed by atoms with E-state index in [4.69, 9.17) is 9.40 Å². The van der Waals surface area contributed by atoms with E-state index in [-0.39, 0.29) is 20.1 Å². The summed E-state index contributed by atoms with van der Waals surface area (Å²) in [5.74, 6) is 0.458. The minimum Gasteiger partial charge on any atom is -0.501 e. The molecule has 0 aliphatic carbocycles. The minimum atomic E-state index is -1.56. The van der Waals surface area contributed by atoms with Crippen LogP contribution >= 0.6 is 0 Å². The summed E-state index contributed by atoms with van der Waals surface area (Å²) in [6.45, 7) is 15.8. The molecule has 6 aromatic rings. The number of pyridine rings is 2. The van der Waals surface area contributed by atoms with E-state index in [9.17, 15) is 0 Å². The molecule has 0 aliphatic rings. The van der Waals surface area contributed by atoms with Gasteiger partial charge in [0, 0.05) is 46.0 Å². The number of aromatic nitrogens is 2. The first-order chi connectivity index (χ1) is 19.1. The zero-order valence-corrected chi connectivity index (χ0v) is 28.2. The molecule has 0 bridgehead atoms. The van der Waals surface area contributed by atoms with E-state index in [1.807, 2.05) is 48.8 Å². The van der Waals surface area contributed by atoms with E-state index in [0.717, 1.165) is 33.7 Å². The average Bonchev–Trinajstić information content (AvgIpc) is 3.33. The number of para-hydroxylation sites is 1. The molecule has 5 heteroatoms. The van der Waals surface area contributed by atoms with Crippen molar-refractivity contribution in [2.24, 2.45) is 0 Å². The molecule has 0 N–H and O–H groups in total. The molecular formula is C36H36IrN2OSi-2. The van der Waals surface area contributed by atoms with Gasteiger partial charge in [-0.2, -0.15) is 0 Å². The van der Waals surface area contributed by atoms with Gasteiger partial charge in [-0.05, 0) is 54.9 Å². The number of aryl methyl sites for hydroxylation is 1. The summed E-state index contributed by atoms with van der Waals surface area (Å²) < 4.78 is 6.38. The molecule has 0 unspecified atom stereocenters. The van der Waals surface area contributed by atoms with E-state index in [1.54, 1.807) is 0 Å². The molecule has 0 spiro atoms. The van der Waals surface area contributed by atoms with E-state index >= 15 is 0 Å². The van der Waals surface area contributed by atoms with Gasteiger partial charge in [-0.15, -0.1) is 53.2 Å². The predicted molar refractivity (Wildman–Crippen MR) is 171 cm³/mol. The van der Waals surface area contributed by atoms with Crippen LogP contribution in [0.4, 0.5) is 0 Å². The summed E-state index contributed by atoms with van der Waals surface area (Å²) in [6.07, 6.45) is 3.73. The molecule has 0 fully saturated rings. The smallest absolute Gasteiger partial charge is 0.120 e. The summed E-state index contributed by atoms with van der Waals surface area (Å²) >= 11 is 0. The van der Waals surface area contributed by atoms with E-state index in [1.165, 1.54) is 32.6 Å². The maximum atomic E-state index is 6.38. The normalized spacial score (nSPS) is 11.3. The second-order valence-corrected chi connectivity index (χ2v) is 16.7. The van der Waals surface area contributed by atoms with Gasteiger partial charge in [-0.1, -0.05) is 79.8 Å². The van der Waals surface area contributed by atoms with Gasteiger partial charge < -0.3 is 14.4 Å². The predicted octanol–water partition coefficient (Wildman–Crippen LogP) is 9.28. The Bertz CT molecular complexity index is 1790. The third-order valence-corrected chi connectivity index (χ3v) is 9.28. The van der Waals surface area contributed by atoms with Crippen molar-refractivity contribution in [1.29, 1.82) is 0 Å². The molecule has 0 amide bonds. The first kappa shape index (κ1) is 30.6. The van der Waals surface area contributed by atoms with Crippen LogP contribution in [0, 0.1) is 26.0 Å². The minimum absolute atomic E-state index is 0. The van der Waals surface area contributed by atoms with Crippen LogP contribution in [0.15, 0.2) is 89.6 Å². The van der Waals surface area contributed by atoms with Crippen molar-refractivity contribution in [3.05, 3.63) is 114 Å². The largest absolute Gasteiger partial charge is 0.501 e. The summed E-state index contributed by atoms with van der Waals surface area (Å²) in [5, 5.41) is 3.83. The molecule has 3 heterocycles. The Kier molecular flexibility index (Phi) is 9.43. The Hall–Kier alpha value is -3.37. The topological polar surface area (TPSA) is 38.9 Å². The van der Waals surface area contributed by atoms with Crippen LogP contribution in [0.1, 0.15) is 36.5 Å². The van der Waals surface area contributed by atoms with Gasteiger partial charge in [0.15, 0.2) is 0 Å². The summed E-state index contributed by atoms with van der Waals surface area (Å²) in [5.41, 5.74) is 9.61. The zero-order valence-electron chi connectivity index (χ0n) is 24.8. The van der Waals surface area contributed by atoms with Crippen LogP contribution < -0.4 is 5.19 Å². The third kappa shape index (κ3) is 6.43. The van der Waals surface area contributed by atoms with Gasteiger partial charge in [0.1, 0.15) is 5.58 Å². The molecule has 0 saturated carbocycles. The fourth-order valence-electron chi connectivity index (χ4n) is 5.20. The average molecular weight is 733 g/mol. The molecule has 0 atom stereocenters. The van der Waals surface area contributed by atoms with Crippen LogP contribution in [0.5, 0.6) is 0 Å². The van der Waals surface area contributed by atoms with Gasteiger partial charge in [0.05, 0.1) is 5.58 Å². The molecular weight excluding hydrogens is 697 g/mol. The summed E-state index contributed by atoms with van der Waals surface area (Å²) in [7, 11) is -1.56. The molecule has 3 aromatic carbocycles. The Labute approximate surface area is 258 Å². The first-order valence-corrected chi connectivity index (χ1v) is 17.4. The van der Waals surface area contributed by atoms with Crippen LogP contribution in [-0.2, 0) is 20.1 Å². The van der Waals surface area contributed by atoms with Crippen molar-refractivity contribution < 1.29 is 24.5 Å². The number of hydrogen-bond donors (Lipinski definition) is 0. The third-order valence-electron chi connectivity index (χ3n) is 7.27. The monoisotopic (exact) mass is 733 g/mol. The number of nitrogens with zero attached hydrogens (tertiary/aromatic N) is 2. The van der Waals surface area contributed by atoms with Gasteiger partial charge in [0.2, 0.25) is 0 Å². The molecule has 1 radical (unpaired) electrons. The second kappa shape index (κ2) is 12.6. The van der Waals surface area contributed by atoms with Gasteiger partial charge >= 0.3 is 0 Å². The number of rotatable bonds is 4. The number of hydrogen-bond acceptors (Lipinski definition) is 3. The Morgan fingerprint density at radius 1 is 0.854 bits per heavy atom. The molecule has 3 nitrogen and oxygen atoms in total. The Morgan fingerprint density at radius 3 is 2.27 bits per heavy atom. The Balaban J connectivity index is 0.000000233. The molecule has 3 aromatic heterocycles. The van der Waals surface area contributed by atoms with Crippen molar-refractivity contribution in [2.45, 2.75) is 53.3 Å². The van der Waals surface area contributed by atoms with Gasteiger partial charge in [-0.3, -0.25) is 0 Å². The summed E-state index contributed by atoms with van der Waals surface area (Å²) in [6, 6.07) is 31.3. The molecule has 41 heavy (non-hydrogen) atoms. The molecule has 0 saturated heterocycles. The van der Waals surface area contributed by atoms with E-state index in [0.29, 0.717) is 5.92 Å². The molecule has 6 rings (SSSR count). The first-order valence-electron chi connectivity index (χ1n) is 13.9. The standard InChI is InChI=1S/C24H26NOSi.C12H10N.Ir/c1-15(2)17-13-14-25-23(16(17)3)19-11-12-21(27(4,5)6)22-18-9-7-8-10-20(18)26-24(19)22;1-10-7-8-13-12(9-10)11-5-3-2-4-6-11;/h7-10,12-15H,1-6H3;2-5,7-9H,1H3;/q2*-1;. The number of furan rings is 1. The van der Waals surface area contributed by atoms with Crippen LogP contribution in [0.25, 0.3) is 44.5 Å². The zero-order chi connectivity index (χ0) is 28.4. The summed E-state index contributed by atoms with van der Waals surface area (Å²) in [4.78, 5) is 9.00. The van der Waals surface area contributed by atoms with Crippen LogP contribution in [-0.4, -0.2) is 18.0 Å². The van der Waals surface area contributed by atoms with Crippen molar-refractivity contribution in [2.75, 3.05) is 0 Å². The second-order valence-electron chi connectivity index (χ2n) is 11.7. The molecule has 211 valence electrons. The van der Waals surface area contributed by atoms with E-state index in [2.05, 4.69) is 101 Å². The van der Waals surface area contributed by atoms with Crippen LogP contribution in [0.2, 0.25) is 19.6 Å². The van der Waals surface area contributed by atoms with Gasteiger partial charge in [0.25, 0.3) is 0 Å². The quantitative estimate of drug-likeness (QED) is 0.134. The maximum absolute atomic E-state index is 6.38. The van der Waals surface area contributed by atoms with Crippen LogP contribution in [0.3, 0.4) is 0 Å². The van der Waals surface area contributed by atoms with Crippen molar-refractivity contribution in [1.82, 2.24) is 9.97 Å². The van der Waals surface area contributed by atoms with Crippen molar-refractivity contribution in [3.8, 4) is 22.5 Å².